The smallest absolute Gasteiger partial charge is 0.335 e. The van der Waals surface area contributed by atoms with Crippen molar-refractivity contribution in [2.75, 3.05) is 45.3 Å². The number of benzene rings is 3. The number of piperazine rings is 1. The zero-order valence-electron chi connectivity index (χ0n) is 18.8. The first-order valence-corrected chi connectivity index (χ1v) is 10.8. The van der Waals surface area contributed by atoms with Crippen LogP contribution in [0, 0.1) is 0 Å². The lowest BCUT2D eigenvalue weighted by molar-refractivity contribution is 0.0696. The number of methoxy groups -OCH3 is 1. The fourth-order valence-electron chi connectivity index (χ4n) is 3.96. The van der Waals surface area contributed by atoms with E-state index in [1.165, 1.54) is 0 Å². The molecule has 3 aromatic carbocycles. The highest BCUT2D eigenvalue weighted by atomic mass is 16.5. The molecular formula is C26H27N3O4. The number of anilines is 1. The Kier molecular flexibility index (Phi) is 6.72. The van der Waals surface area contributed by atoms with E-state index >= 15 is 0 Å². The van der Waals surface area contributed by atoms with Gasteiger partial charge < -0.3 is 14.7 Å². The molecule has 7 heteroatoms. The van der Waals surface area contributed by atoms with Crippen molar-refractivity contribution in [3.05, 3.63) is 83.9 Å². The summed E-state index contributed by atoms with van der Waals surface area (Å²) in [5.74, 6) is -0.500. The second kappa shape index (κ2) is 9.85. The van der Waals surface area contributed by atoms with Crippen LogP contribution in [0.15, 0.2) is 72.8 Å². The molecule has 0 saturated carbocycles. The molecule has 7 nitrogen and oxygen atoms in total. The van der Waals surface area contributed by atoms with Gasteiger partial charge in [-0.25, -0.2) is 14.8 Å². The number of hydrogen-bond donors (Lipinski definition) is 1. The zero-order chi connectivity index (χ0) is 23.4. The number of nitrogens with zero attached hydrogens (tertiary/aromatic N) is 3. The maximum absolute atomic E-state index is 13.8. The van der Waals surface area contributed by atoms with Crippen LogP contribution in [0.4, 0.5) is 5.69 Å². The van der Waals surface area contributed by atoms with Gasteiger partial charge in [0.15, 0.2) is 0 Å². The number of likely N-dealkylation sites (N-methyl/N-ethyl adjacent to an activating group) is 1. The molecule has 1 aliphatic rings. The molecule has 1 heterocycles. The van der Waals surface area contributed by atoms with Crippen molar-refractivity contribution in [2.45, 2.75) is 0 Å². The summed E-state index contributed by atoms with van der Waals surface area (Å²) in [6.45, 7) is 3.24. The minimum Gasteiger partial charge on any atom is -0.496 e. The average molecular weight is 446 g/mol. The monoisotopic (exact) mass is 445 g/mol. The number of hydrogen-bond acceptors (Lipinski definition) is 5. The summed E-state index contributed by atoms with van der Waals surface area (Å²) in [6, 6.07) is 21.6. The molecule has 0 bridgehead atoms. The third kappa shape index (κ3) is 4.89. The van der Waals surface area contributed by atoms with Crippen LogP contribution >= 0.6 is 0 Å². The summed E-state index contributed by atoms with van der Waals surface area (Å²) in [7, 11) is 3.66. The quantitative estimate of drug-likeness (QED) is 0.621. The molecule has 0 aliphatic carbocycles. The number of ether oxygens (including phenoxy) is 1. The topological polar surface area (TPSA) is 73.3 Å². The lowest BCUT2D eigenvalue weighted by Gasteiger charge is -2.40. The van der Waals surface area contributed by atoms with Gasteiger partial charge in [0.2, 0.25) is 0 Å². The highest BCUT2D eigenvalue weighted by Gasteiger charge is 2.27. The van der Waals surface area contributed by atoms with E-state index in [0.717, 1.165) is 43.0 Å². The van der Waals surface area contributed by atoms with Gasteiger partial charge in [0.1, 0.15) is 5.75 Å². The Hall–Kier alpha value is -3.68. The summed E-state index contributed by atoms with van der Waals surface area (Å²) < 4.78 is 5.53. The van der Waals surface area contributed by atoms with Gasteiger partial charge in [-0.2, -0.15) is 0 Å². The van der Waals surface area contributed by atoms with Gasteiger partial charge in [-0.15, -0.1) is 0 Å². The van der Waals surface area contributed by atoms with Crippen LogP contribution in [-0.4, -0.2) is 67.2 Å². The van der Waals surface area contributed by atoms with Crippen LogP contribution in [0.2, 0.25) is 0 Å². The number of rotatable bonds is 6. The first kappa shape index (κ1) is 22.5. The molecule has 1 saturated heterocycles. The Balaban J connectivity index is 1.72. The van der Waals surface area contributed by atoms with Crippen molar-refractivity contribution in [1.82, 2.24) is 9.91 Å². The second-order valence-electron chi connectivity index (χ2n) is 8.01. The molecule has 0 radical (unpaired) electrons. The molecular weight excluding hydrogens is 418 g/mol. The third-order valence-electron chi connectivity index (χ3n) is 5.84. The molecule has 1 fully saturated rings. The van der Waals surface area contributed by atoms with Gasteiger partial charge in [0.25, 0.3) is 5.91 Å². The zero-order valence-corrected chi connectivity index (χ0v) is 18.8. The lowest BCUT2D eigenvalue weighted by atomic mass is 10.00. The number of amides is 1. The Morgan fingerprint density at radius 2 is 1.52 bits per heavy atom. The number of hydrazine groups is 1. The predicted octanol–water partition coefficient (Wildman–Crippen LogP) is 3.87. The molecule has 4 rings (SSSR count). The molecule has 0 aromatic heterocycles. The van der Waals surface area contributed by atoms with E-state index in [9.17, 15) is 14.7 Å². The van der Waals surface area contributed by atoms with Crippen molar-refractivity contribution in [2.24, 2.45) is 0 Å². The van der Waals surface area contributed by atoms with Crippen molar-refractivity contribution < 1.29 is 19.4 Å². The Bertz CT molecular complexity index is 1120. The molecule has 1 aliphatic heterocycles. The number of para-hydroxylation sites is 1. The van der Waals surface area contributed by atoms with E-state index in [1.54, 1.807) is 48.5 Å². The van der Waals surface area contributed by atoms with Crippen LogP contribution < -0.4 is 9.75 Å². The maximum Gasteiger partial charge on any atom is 0.335 e. The largest absolute Gasteiger partial charge is 0.496 e. The molecule has 3 aromatic rings. The molecule has 33 heavy (non-hydrogen) atoms. The number of carbonyl (C=O) groups is 2. The van der Waals surface area contributed by atoms with Crippen molar-refractivity contribution in [3.63, 3.8) is 0 Å². The van der Waals surface area contributed by atoms with Crippen LogP contribution in [0.5, 0.6) is 5.75 Å². The lowest BCUT2D eigenvalue weighted by Crippen LogP contribution is -2.55. The third-order valence-corrected chi connectivity index (χ3v) is 5.84. The van der Waals surface area contributed by atoms with Crippen LogP contribution in [0.3, 0.4) is 0 Å². The Labute approximate surface area is 193 Å². The summed E-state index contributed by atoms with van der Waals surface area (Å²) in [6.07, 6.45) is 0. The maximum atomic E-state index is 13.8. The van der Waals surface area contributed by atoms with Gasteiger partial charge in [-0.1, -0.05) is 30.3 Å². The van der Waals surface area contributed by atoms with Gasteiger partial charge >= 0.3 is 5.97 Å². The van der Waals surface area contributed by atoms with Gasteiger partial charge in [0.05, 0.1) is 18.4 Å². The van der Waals surface area contributed by atoms with Crippen molar-refractivity contribution in [3.8, 4) is 16.9 Å². The summed E-state index contributed by atoms with van der Waals surface area (Å²) >= 11 is 0. The Morgan fingerprint density at radius 3 is 2.12 bits per heavy atom. The first-order chi connectivity index (χ1) is 16.0. The van der Waals surface area contributed by atoms with E-state index in [2.05, 4.69) is 17.0 Å². The normalized spacial score (nSPS) is 14.6. The SMILES string of the molecule is COc1ccc(C(=O)N(c2ccccc2)N2CCN(C)CC2)cc1-c1ccc(C(=O)O)cc1. The van der Waals surface area contributed by atoms with E-state index in [-0.39, 0.29) is 11.5 Å². The van der Waals surface area contributed by atoms with Gasteiger partial charge in [0, 0.05) is 37.3 Å². The number of carboxylic acids is 1. The molecule has 1 N–H and O–H groups in total. The molecule has 0 unspecified atom stereocenters. The second-order valence-corrected chi connectivity index (χ2v) is 8.01. The van der Waals surface area contributed by atoms with E-state index < -0.39 is 5.97 Å². The van der Waals surface area contributed by atoms with E-state index in [1.807, 2.05) is 36.4 Å². The van der Waals surface area contributed by atoms with E-state index in [0.29, 0.717) is 11.3 Å². The summed E-state index contributed by atoms with van der Waals surface area (Å²) in [5, 5.41) is 13.0. The van der Waals surface area contributed by atoms with Crippen LogP contribution in [0.1, 0.15) is 20.7 Å². The number of aromatic carboxylic acids is 1. The minimum atomic E-state index is -0.983. The minimum absolute atomic E-state index is 0.128. The highest BCUT2D eigenvalue weighted by molar-refractivity contribution is 6.06. The first-order valence-electron chi connectivity index (χ1n) is 10.8. The van der Waals surface area contributed by atoms with E-state index in [4.69, 9.17) is 4.74 Å². The van der Waals surface area contributed by atoms with Gasteiger partial charge in [-0.3, -0.25) is 4.79 Å². The van der Waals surface area contributed by atoms with Crippen LogP contribution in [0.25, 0.3) is 11.1 Å². The highest BCUT2D eigenvalue weighted by Crippen LogP contribution is 2.32. The molecule has 0 spiro atoms. The fourth-order valence-corrected chi connectivity index (χ4v) is 3.96. The average Bonchev–Trinajstić information content (AvgIpc) is 2.85. The fraction of sp³-hybridized carbons (Fsp3) is 0.231. The molecule has 0 atom stereocenters. The number of carboxylic acid groups (broad SMARTS) is 1. The standard InChI is InChI=1S/C26H27N3O4/c1-27-14-16-28(17-15-27)29(22-6-4-3-5-7-22)25(30)21-12-13-24(33-2)23(18-21)19-8-10-20(11-9-19)26(31)32/h3-13,18H,14-17H2,1-2H3,(H,31,32). The summed E-state index contributed by atoms with van der Waals surface area (Å²) in [4.78, 5) is 27.3. The molecule has 170 valence electrons. The predicted molar refractivity (Wildman–Crippen MR) is 128 cm³/mol. The molecule has 1 amide bonds. The van der Waals surface area contributed by atoms with Gasteiger partial charge in [-0.05, 0) is 55.1 Å². The van der Waals surface area contributed by atoms with Crippen LogP contribution in [-0.2, 0) is 0 Å². The van der Waals surface area contributed by atoms with Crippen molar-refractivity contribution in [1.29, 1.82) is 0 Å². The Morgan fingerprint density at radius 1 is 0.879 bits per heavy atom. The number of carbonyl (C=O) groups excluding carboxylic acids is 1. The van der Waals surface area contributed by atoms with Crippen molar-refractivity contribution >= 4 is 17.6 Å². The summed E-state index contributed by atoms with van der Waals surface area (Å²) in [5.41, 5.74) is 3.05.